The van der Waals surface area contributed by atoms with Crippen LogP contribution in [0.5, 0.6) is 0 Å². The van der Waals surface area contributed by atoms with Crippen molar-refractivity contribution in [1.29, 1.82) is 0 Å². The van der Waals surface area contributed by atoms with Crippen molar-refractivity contribution in [3.63, 3.8) is 0 Å². The number of carbonyl (C=O) groups is 2. The summed E-state index contributed by atoms with van der Waals surface area (Å²) in [5, 5.41) is 13.5. The highest BCUT2D eigenvalue weighted by atomic mass is 19.1. The van der Waals surface area contributed by atoms with Crippen molar-refractivity contribution in [1.82, 2.24) is 20.0 Å². The van der Waals surface area contributed by atoms with E-state index in [0.717, 1.165) is 63.7 Å². The Morgan fingerprint density at radius 3 is 2.29 bits per heavy atom. The molecule has 2 saturated heterocycles. The van der Waals surface area contributed by atoms with Gasteiger partial charge in [0.1, 0.15) is 11.9 Å². The van der Waals surface area contributed by atoms with Gasteiger partial charge in [0.25, 0.3) is 0 Å². The Labute approximate surface area is 250 Å². The summed E-state index contributed by atoms with van der Waals surface area (Å²) < 4.78 is 13.3. The first-order valence-electron chi connectivity index (χ1n) is 15.9. The van der Waals surface area contributed by atoms with Crippen LogP contribution in [0.25, 0.3) is 0 Å². The largest absolute Gasteiger partial charge is 0.480 e. The molecule has 0 aromatic heterocycles. The molecular formula is C34H47FN4O3. The Kier molecular flexibility index (Phi) is 10.2. The smallest absolute Gasteiger partial charge is 0.321 e. The fourth-order valence-corrected chi connectivity index (χ4v) is 7.97. The van der Waals surface area contributed by atoms with Crippen LogP contribution in [0.1, 0.15) is 75.8 Å². The highest BCUT2D eigenvalue weighted by molar-refractivity contribution is 5.75. The maximum absolute atomic E-state index is 13.3. The highest BCUT2D eigenvalue weighted by Crippen LogP contribution is 2.41. The zero-order valence-electron chi connectivity index (χ0n) is 25.1. The molecule has 1 saturated carbocycles. The Bertz CT molecular complexity index is 1170. The summed E-state index contributed by atoms with van der Waals surface area (Å²) in [6.07, 6.45) is 7.23. The molecule has 7 nitrogen and oxygen atoms in total. The van der Waals surface area contributed by atoms with Gasteiger partial charge in [0.15, 0.2) is 0 Å². The number of nitrogens with one attached hydrogen (secondary N) is 1. The maximum Gasteiger partial charge on any atom is 0.321 e. The summed E-state index contributed by atoms with van der Waals surface area (Å²) in [5.74, 6) is -0.505. The quantitative estimate of drug-likeness (QED) is 0.399. The normalized spacial score (nSPS) is 25.3. The number of benzene rings is 2. The van der Waals surface area contributed by atoms with Gasteiger partial charge in [-0.15, -0.1) is 0 Å². The van der Waals surface area contributed by atoms with Gasteiger partial charge in [0.05, 0.1) is 0 Å². The molecule has 0 radical (unpaired) electrons. The summed E-state index contributed by atoms with van der Waals surface area (Å²) in [6, 6.07) is 16.8. The molecule has 0 spiro atoms. The average Bonchev–Trinajstić information content (AvgIpc) is 3.34. The molecule has 5 rings (SSSR count). The Hall–Kier alpha value is -2.97. The number of hydrogen-bond donors (Lipinski definition) is 2. The lowest BCUT2D eigenvalue weighted by atomic mass is 9.83. The van der Waals surface area contributed by atoms with E-state index in [2.05, 4.69) is 46.3 Å². The van der Waals surface area contributed by atoms with Crippen molar-refractivity contribution < 1.29 is 19.1 Å². The molecule has 1 unspecified atom stereocenters. The zero-order valence-corrected chi connectivity index (χ0v) is 25.1. The monoisotopic (exact) mass is 578 g/mol. The van der Waals surface area contributed by atoms with Gasteiger partial charge in [0.2, 0.25) is 0 Å². The molecule has 228 valence electrons. The van der Waals surface area contributed by atoms with Gasteiger partial charge in [-0.05, 0) is 68.7 Å². The topological polar surface area (TPSA) is 76.1 Å². The number of amides is 2. The third-order valence-corrected chi connectivity index (χ3v) is 10.1. The van der Waals surface area contributed by atoms with Crippen LogP contribution in [0.4, 0.5) is 9.18 Å². The molecule has 2 N–H and O–H groups in total. The van der Waals surface area contributed by atoms with Crippen molar-refractivity contribution in [2.75, 3.05) is 26.2 Å². The maximum atomic E-state index is 13.3. The summed E-state index contributed by atoms with van der Waals surface area (Å²) in [5.41, 5.74) is 2.15. The first-order chi connectivity index (χ1) is 20.4. The number of aliphatic carboxylic acids is 1. The number of carbonyl (C=O) groups excluding carboxylic acids is 1. The van der Waals surface area contributed by atoms with E-state index in [0.29, 0.717) is 13.1 Å². The molecule has 2 aromatic rings. The molecular weight excluding hydrogens is 531 g/mol. The van der Waals surface area contributed by atoms with Crippen LogP contribution in [0.3, 0.4) is 0 Å². The number of urea groups is 1. The second-order valence-corrected chi connectivity index (χ2v) is 12.5. The van der Waals surface area contributed by atoms with Crippen LogP contribution >= 0.6 is 0 Å². The van der Waals surface area contributed by atoms with Crippen molar-refractivity contribution in [2.24, 2.45) is 5.92 Å². The minimum Gasteiger partial charge on any atom is -0.480 e. The SMILES string of the molecule is CCN(C(=O)NCc1ccc(F)cc1)C1CCN([C@@H]2C(C)N([C@@H](C(=O)O)C3CCCCC3)C[C@@H]2c2ccccc2)CC1. The number of hydrogen-bond acceptors (Lipinski definition) is 4. The number of halogens is 1. The highest BCUT2D eigenvalue weighted by Gasteiger charge is 2.49. The number of likely N-dealkylation sites (tertiary alicyclic amines) is 2. The van der Waals surface area contributed by atoms with Crippen molar-refractivity contribution >= 4 is 12.0 Å². The van der Waals surface area contributed by atoms with E-state index in [1.165, 1.54) is 24.1 Å². The molecule has 2 heterocycles. The van der Waals surface area contributed by atoms with E-state index in [4.69, 9.17) is 0 Å². The third kappa shape index (κ3) is 6.81. The molecule has 3 aliphatic rings. The van der Waals surface area contributed by atoms with Gasteiger partial charge in [0, 0.05) is 56.8 Å². The number of carboxylic acid groups (broad SMARTS) is 1. The van der Waals surface area contributed by atoms with Crippen molar-refractivity contribution in [2.45, 2.75) is 95.4 Å². The van der Waals surface area contributed by atoms with Crippen LogP contribution in [-0.4, -0.2) is 82.2 Å². The Balaban J connectivity index is 1.27. The van der Waals surface area contributed by atoms with Crippen LogP contribution in [0.2, 0.25) is 0 Å². The molecule has 8 heteroatoms. The van der Waals surface area contributed by atoms with Crippen LogP contribution < -0.4 is 5.32 Å². The predicted octanol–water partition coefficient (Wildman–Crippen LogP) is 5.71. The number of nitrogens with zero attached hydrogens (tertiary/aromatic N) is 3. The second kappa shape index (κ2) is 14.0. The molecule has 42 heavy (non-hydrogen) atoms. The lowest BCUT2D eigenvalue weighted by Crippen LogP contribution is -2.56. The summed E-state index contributed by atoms with van der Waals surface area (Å²) >= 11 is 0. The van der Waals surface area contributed by atoms with Gasteiger partial charge in [-0.25, -0.2) is 9.18 Å². The van der Waals surface area contributed by atoms with E-state index in [-0.39, 0.29) is 41.8 Å². The zero-order chi connectivity index (χ0) is 29.6. The molecule has 3 fully saturated rings. The molecule has 0 bridgehead atoms. The minimum absolute atomic E-state index is 0.0837. The van der Waals surface area contributed by atoms with E-state index in [1.54, 1.807) is 12.1 Å². The van der Waals surface area contributed by atoms with Gasteiger partial charge in [-0.2, -0.15) is 0 Å². The molecule has 2 amide bonds. The Morgan fingerprint density at radius 2 is 1.67 bits per heavy atom. The number of rotatable bonds is 9. The van der Waals surface area contributed by atoms with Gasteiger partial charge in [-0.1, -0.05) is 61.7 Å². The van der Waals surface area contributed by atoms with Crippen molar-refractivity contribution in [3.8, 4) is 0 Å². The van der Waals surface area contributed by atoms with E-state index >= 15 is 0 Å². The first kappa shape index (κ1) is 30.5. The van der Waals surface area contributed by atoms with Crippen LogP contribution in [0.15, 0.2) is 54.6 Å². The minimum atomic E-state index is -0.676. The van der Waals surface area contributed by atoms with Gasteiger partial charge in [-0.3, -0.25) is 14.6 Å². The molecule has 1 aliphatic carbocycles. The van der Waals surface area contributed by atoms with Gasteiger partial charge >= 0.3 is 12.0 Å². The molecule has 2 aliphatic heterocycles. The standard InChI is InChI=1S/C34H47FN4O3/c1-3-38(34(42)36-22-25-14-16-28(35)17-15-25)29-18-20-37(21-19-29)31-24(2)39(23-30(31)26-10-6-4-7-11-26)32(33(40)41)27-12-8-5-9-13-27/h4,6-7,10-11,14-17,24,27,29-32H,3,5,8-9,12-13,18-23H2,1-2H3,(H,36,42)(H,40,41)/t24?,30-,31-,32-/m1/s1. The van der Waals surface area contributed by atoms with E-state index in [9.17, 15) is 19.1 Å². The summed E-state index contributed by atoms with van der Waals surface area (Å²) in [4.78, 5) is 32.7. The Morgan fingerprint density at radius 1 is 1.00 bits per heavy atom. The second-order valence-electron chi connectivity index (χ2n) is 12.5. The third-order valence-electron chi connectivity index (χ3n) is 10.1. The van der Waals surface area contributed by atoms with E-state index < -0.39 is 12.0 Å². The van der Waals surface area contributed by atoms with Crippen LogP contribution in [-0.2, 0) is 11.3 Å². The lowest BCUT2D eigenvalue weighted by molar-refractivity contribution is -0.146. The first-order valence-corrected chi connectivity index (χ1v) is 15.9. The van der Waals surface area contributed by atoms with E-state index in [1.807, 2.05) is 17.9 Å². The van der Waals surface area contributed by atoms with Crippen LogP contribution in [0, 0.1) is 11.7 Å². The predicted molar refractivity (Wildman–Crippen MR) is 163 cm³/mol. The number of piperidine rings is 1. The number of carboxylic acids is 1. The summed E-state index contributed by atoms with van der Waals surface area (Å²) in [7, 11) is 0. The molecule has 4 atom stereocenters. The van der Waals surface area contributed by atoms with Crippen molar-refractivity contribution in [3.05, 3.63) is 71.5 Å². The van der Waals surface area contributed by atoms with Gasteiger partial charge < -0.3 is 15.3 Å². The average molecular weight is 579 g/mol. The summed E-state index contributed by atoms with van der Waals surface area (Å²) in [6.45, 7) is 7.76. The fourth-order valence-electron chi connectivity index (χ4n) is 7.97. The molecule has 2 aromatic carbocycles. The lowest BCUT2D eigenvalue weighted by Gasteiger charge is -2.44. The fraction of sp³-hybridized carbons (Fsp3) is 0.588.